The van der Waals surface area contributed by atoms with Crippen LogP contribution < -0.4 is 0 Å². The average molecular weight is 246 g/mol. The third-order valence-electron chi connectivity index (χ3n) is 2.91. The van der Waals surface area contributed by atoms with Crippen LogP contribution in [0.1, 0.15) is 36.5 Å². The lowest BCUT2D eigenvalue weighted by Gasteiger charge is -2.13. The van der Waals surface area contributed by atoms with E-state index in [0.717, 1.165) is 30.0 Å². The molecule has 2 aromatic heterocycles. The first kappa shape index (κ1) is 12.7. The molecule has 0 spiro atoms. The smallest absolute Gasteiger partial charge is 0.138 e. The predicted molar refractivity (Wildman–Crippen MR) is 68.0 cm³/mol. The van der Waals surface area contributed by atoms with Crippen molar-refractivity contribution in [3.05, 3.63) is 41.7 Å². The summed E-state index contributed by atoms with van der Waals surface area (Å²) in [6.45, 7) is 4.82. The molecule has 5 heteroatoms. The zero-order chi connectivity index (χ0) is 13.0. The van der Waals surface area contributed by atoms with Gasteiger partial charge in [-0.1, -0.05) is 13.0 Å². The van der Waals surface area contributed by atoms with Crippen LogP contribution >= 0.6 is 0 Å². The van der Waals surface area contributed by atoms with Crippen LogP contribution in [0.4, 0.5) is 0 Å². The number of aliphatic hydroxyl groups is 1. The zero-order valence-corrected chi connectivity index (χ0v) is 10.7. The summed E-state index contributed by atoms with van der Waals surface area (Å²) in [5.74, 6) is 0.813. The summed E-state index contributed by atoms with van der Waals surface area (Å²) >= 11 is 0. The van der Waals surface area contributed by atoms with Crippen molar-refractivity contribution in [1.29, 1.82) is 0 Å². The van der Waals surface area contributed by atoms with E-state index in [0.29, 0.717) is 6.42 Å². The zero-order valence-electron chi connectivity index (χ0n) is 10.7. The van der Waals surface area contributed by atoms with E-state index in [2.05, 4.69) is 22.0 Å². The van der Waals surface area contributed by atoms with E-state index in [1.54, 1.807) is 6.20 Å². The fraction of sp³-hybridized carbons (Fsp3) is 0.462. The molecule has 2 heterocycles. The van der Waals surface area contributed by atoms with Crippen molar-refractivity contribution in [1.82, 2.24) is 19.7 Å². The summed E-state index contributed by atoms with van der Waals surface area (Å²) in [5, 5.41) is 14.4. The largest absolute Gasteiger partial charge is 0.388 e. The standard InChI is InChI=1S/C13H18N4O/c1-3-7-17-13(15-9-16-17)8-12(18)11-5-4-6-14-10(11)2/h4-6,9,12,18H,3,7-8H2,1-2H3. The Bertz CT molecular complexity index is 509. The monoisotopic (exact) mass is 246 g/mol. The van der Waals surface area contributed by atoms with E-state index in [1.165, 1.54) is 6.33 Å². The minimum atomic E-state index is -0.585. The first-order chi connectivity index (χ1) is 8.72. The minimum absolute atomic E-state index is 0.465. The van der Waals surface area contributed by atoms with Gasteiger partial charge in [0.1, 0.15) is 12.2 Å². The second-order valence-electron chi connectivity index (χ2n) is 4.30. The van der Waals surface area contributed by atoms with E-state index in [4.69, 9.17) is 0 Å². The van der Waals surface area contributed by atoms with Gasteiger partial charge < -0.3 is 5.11 Å². The number of rotatable bonds is 5. The highest BCUT2D eigenvalue weighted by Crippen LogP contribution is 2.19. The molecule has 1 unspecified atom stereocenters. The van der Waals surface area contributed by atoms with Crippen molar-refractivity contribution in [3.63, 3.8) is 0 Å². The summed E-state index contributed by atoms with van der Waals surface area (Å²) in [6, 6.07) is 3.73. The second kappa shape index (κ2) is 5.73. The lowest BCUT2D eigenvalue weighted by atomic mass is 10.1. The van der Waals surface area contributed by atoms with Gasteiger partial charge in [-0.25, -0.2) is 4.98 Å². The molecular formula is C13H18N4O. The summed E-state index contributed by atoms with van der Waals surface area (Å²) in [5.41, 5.74) is 1.70. The Kier molecular flexibility index (Phi) is 4.04. The van der Waals surface area contributed by atoms with E-state index in [9.17, 15) is 5.11 Å². The fourth-order valence-electron chi connectivity index (χ4n) is 1.98. The summed E-state index contributed by atoms with van der Waals surface area (Å²) < 4.78 is 1.84. The SMILES string of the molecule is CCCn1ncnc1CC(O)c1cccnc1C. The van der Waals surface area contributed by atoms with Gasteiger partial charge in [0.15, 0.2) is 0 Å². The molecule has 2 aromatic rings. The number of hydrogen-bond donors (Lipinski definition) is 1. The third kappa shape index (κ3) is 2.73. The fourth-order valence-corrected chi connectivity index (χ4v) is 1.98. The van der Waals surface area contributed by atoms with Gasteiger partial charge >= 0.3 is 0 Å². The van der Waals surface area contributed by atoms with Gasteiger partial charge in [-0.05, 0) is 19.4 Å². The highest BCUT2D eigenvalue weighted by molar-refractivity contribution is 5.21. The van der Waals surface area contributed by atoms with Crippen molar-refractivity contribution in [2.75, 3.05) is 0 Å². The topological polar surface area (TPSA) is 63.8 Å². The minimum Gasteiger partial charge on any atom is -0.388 e. The van der Waals surface area contributed by atoms with Crippen LogP contribution in [0.25, 0.3) is 0 Å². The van der Waals surface area contributed by atoms with Gasteiger partial charge in [0.25, 0.3) is 0 Å². The molecule has 0 fully saturated rings. The maximum absolute atomic E-state index is 10.2. The molecular weight excluding hydrogens is 228 g/mol. The van der Waals surface area contributed by atoms with Crippen LogP contribution in [0, 0.1) is 6.92 Å². The number of aromatic nitrogens is 4. The van der Waals surface area contributed by atoms with Crippen molar-refractivity contribution >= 4 is 0 Å². The molecule has 1 atom stereocenters. The van der Waals surface area contributed by atoms with Gasteiger partial charge in [0.05, 0.1) is 6.10 Å². The number of hydrogen-bond acceptors (Lipinski definition) is 4. The first-order valence-electron chi connectivity index (χ1n) is 6.18. The summed E-state index contributed by atoms with van der Waals surface area (Å²) in [6.07, 6.45) is 4.14. The van der Waals surface area contributed by atoms with Crippen LogP contribution in [0.5, 0.6) is 0 Å². The molecule has 0 radical (unpaired) electrons. The lowest BCUT2D eigenvalue weighted by molar-refractivity contribution is 0.172. The Morgan fingerprint density at radius 3 is 2.94 bits per heavy atom. The normalized spacial score (nSPS) is 12.6. The molecule has 0 saturated heterocycles. The molecule has 0 aromatic carbocycles. The number of aliphatic hydroxyl groups excluding tert-OH is 1. The van der Waals surface area contributed by atoms with Crippen molar-refractivity contribution in [2.24, 2.45) is 0 Å². The van der Waals surface area contributed by atoms with Crippen LogP contribution in [-0.4, -0.2) is 24.9 Å². The van der Waals surface area contributed by atoms with E-state index in [1.807, 2.05) is 23.7 Å². The molecule has 0 amide bonds. The van der Waals surface area contributed by atoms with Crippen molar-refractivity contribution in [3.8, 4) is 0 Å². The van der Waals surface area contributed by atoms with Gasteiger partial charge in [-0.2, -0.15) is 5.10 Å². The van der Waals surface area contributed by atoms with E-state index < -0.39 is 6.10 Å². The van der Waals surface area contributed by atoms with Crippen LogP contribution in [0.2, 0.25) is 0 Å². The molecule has 18 heavy (non-hydrogen) atoms. The molecule has 1 N–H and O–H groups in total. The van der Waals surface area contributed by atoms with E-state index in [-0.39, 0.29) is 0 Å². The molecule has 2 rings (SSSR count). The molecule has 0 aliphatic carbocycles. The Labute approximate surface area is 107 Å². The second-order valence-corrected chi connectivity index (χ2v) is 4.30. The molecule has 5 nitrogen and oxygen atoms in total. The Balaban J connectivity index is 2.14. The third-order valence-corrected chi connectivity index (χ3v) is 2.91. The lowest BCUT2D eigenvalue weighted by Crippen LogP contribution is -2.11. The molecule has 96 valence electrons. The quantitative estimate of drug-likeness (QED) is 0.871. The maximum atomic E-state index is 10.2. The van der Waals surface area contributed by atoms with Gasteiger partial charge in [0.2, 0.25) is 0 Å². The van der Waals surface area contributed by atoms with Crippen LogP contribution in [0.3, 0.4) is 0 Å². The number of nitrogens with zero attached hydrogens (tertiary/aromatic N) is 4. The van der Waals surface area contributed by atoms with Crippen LogP contribution in [0.15, 0.2) is 24.7 Å². The van der Waals surface area contributed by atoms with Gasteiger partial charge in [-0.15, -0.1) is 0 Å². The Morgan fingerprint density at radius 2 is 2.22 bits per heavy atom. The first-order valence-corrected chi connectivity index (χ1v) is 6.18. The van der Waals surface area contributed by atoms with Gasteiger partial charge in [-0.3, -0.25) is 9.67 Å². The number of aryl methyl sites for hydroxylation is 2. The summed E-state index contributed by atoms with van der Waals surface area (Å²) in [4.78, 5) is 8.39. The molecule has 0 aliphatic heterocycles. The maximum Gasteiger partial charge on any atom is 0.138 e. The summed E-state index contributed by atoms with van der Waals surface area (Å²) in [7, 11) is 0. The highest BCUT2D eigenvalue weighted by Gasteiger charge is 2.15. The number of pyridine rings is 1. The van der Waals surface area contributed by atoms with E-state index >= 15 is 0 Å². The van der Waals surface area contributed by atoms with Crippen molar-refractivity contribution in [2.45, 2.75) is 39.3 Å². The average Bonchev–Trinajstić information content (AvgIpc) is 2.78. The van der Waals surface area contributed by atoms with Crippen molar-refractivity contribution < 1.29 is 5.11 Å². The molecule has 0 aliphatic rings. The highest BCUT2D eigenvalue weighted by atomic mass is 16.3. The predicted octanol–water partition coefficient (Wildman–Crippen LogP) is 1.67. The Hall–Kier alpha value is -1.75. The molecule has 0 bridgehead atoms. The van der Waals surface area contributed by atoms with Gasteiger partial charge in [0, 0.05) is 30.4 Å². The van der Waals surface area contributed by atoms with Crippen LogP contribution in [-0.2, 0) is 13.0 Å². The molecule has 0 saturated carbocycles. The Morgan fingerprint density at radius 1 is 1.39 bits per heavy atom.